The van der Waals surface area contributed by atoms with E-state index in [-0.39, 0.29) is 5.91 Å². The SMILES string of the molecule is COc1ccc(NC(=O)c2ccc(Nc3ccc(C)cc3)cn2)c(OC)c1. The number of carbonyl (C=O) groups is 1. The Hall–Kier alpha value is -3.54. The molecule has 3 rings (SSSR count). The van der Waals surface area contributed by atoms with Crippen LogP contribution >= 0.6 is 0 Å². The van der Waals surface area contributed by atoms with Gasteiger partial charge in [0, 0.05) is 11.8 Å². The molecule has 0 aliphatic heterocycles. The van der Waals surface area contributed by atoms with Crippen molar-refractivity contribution < 1.29 is 14.3 Å². The third kappa shape index (κ3) is 4.55. The molecular weight excluding hydrogens is 342 g/mol. The summed E-state index contributed by atoms with van der Waals surface area (Å²) in [6.45, 7) is 2.04. The number of hydrogen-bond acceptors (Lipinski definition) is 5. The topological polar surface area (TPSA) is 72.5 Å². The van der Waals surface area contributed by atoms with Gasteiger partial charge in [0.1, 0.15) is 17.2 Å². The van der Waals surface area contributed by atoms with Crippen molar-refractivity contribution in [1.82, 2.24) is 4.98 Å². The van der Waals surface area contributed by atoms with Gasteiger partial charge in [-0.15, -0.1) is 0 Å². The van der Waals surface area contributed by atoms with Gasteiger partial charge in [-0.05, 0) is 43.3 Å². The first kappa shape index (κ1) is 18.3. The maximum Gasteiger partial charge on any atom is 0.274 e. The molecule has 1 amide bonds. The summed E-state index contributed by atoms with van der Waals surface area (Å²) >= 11 is 0. The molecule has 1 heterocycles. The van der Waals surface area contributed by atoms with Crippen LogP contribution in [0.15, 0.2) is 60.8 Å². The number of methoxy groups -OCH3 is 2. The summed E-state index contributed by atoms with van der Waals surface area (Å²) in [7, 11) is 3.11. The summed E-state index contributed by atoms with van der Waals surface area (Å²) in [4.78, 5) is 16.7. The smallest absolute Gasteiger partial charge is 0.274 e. The highest BCUT2D eigenvalue weighted by Crippen LogP contribution is 2.29. The molecule has 1 aromatic heterocycles. The normalized spacial score (nSPS) is 10.2. The van der Waals surface area contributed by atoms with Crippen LogP contribution < -0.4 is 20.1 Å². The molecule has 0 atom stereocenters. The standard InChI is InChI=1S/C21H21N3O3/c1-14-4-6-15(7-5-14)23-16-8-10-19(22-13-16)21(25)24-18-11-9-17(26-2)12-20(18)27-3/h4-13,23H,1-3H3,(H,24,25). The number of benzene rings is 2. The van der Waals surface area contributed by atoms with Gasteiger partial charge in [-0.2, -0.15) is 0 Å². The number of aromatic nitrogens is 1. The van der Waals surface area contributed by atoms with E-state index in [1.165, 1.54) is 12.7 Å². The van der Waals surface area contributed by atoms with Gasteiger partial charge < -0.3 is 20.1 Å². The number of pyridine rings is 1. The van der Waals surface area contributed by atoms with Crippen molar-refractivity contribution in [3.63, 3.8) is 0 Å². The fourth-order valence-corrected chi connectivity index (χ4v) is 2.49. The predicted octanol–water partition coefficient (Wildman–Crippen LogP) is 4.40. The Morgan fingerprint density at radius 1 is 0.926 bits per heavy atom. The van der Waals surface area contributed by atoms with Crippen LogP contribution in [0.25, 0.3) is 0 Å². The van der Waals surface area contributed by atoms with Crippen LogP contribution in [0.4, 0.5) is 17.1 Å². The van der Waals surface area contributed by atoms with Crippen molar-refractivity contribution in [2.24, 2.45) is 0 Å². The molecule has 2 N–H and O–H groups in total. The molecule has 6 nitrogen and oxygen atoms in total. The Morgan fingerprint density at radius 2 is 1.67 bits per heavy atom. The molecule has 0 radical (unpaired) electrons. The van der Waals surface area contributed by atoms with Gasteiger partial charge in [-0.3, -0.25) is 4.79 Å². The third-order valence-corrected chi connectivity index (χ3v) is 3.99. The van der Waals surface area contributed by atoms with Crippen molar-refractivity contribution >= 4 is 23.0 Å². The summed E-state index contributed by atoms with van der Waals surface area (Å²) < 4.78 is 10.5. The summed E-state index contributed by atoms with van der Waals surface area (Å²) in [5.74, 6) is 0.843. The quantitative estimate of drug-likeness (QED) is 0.679. The Morgan fingerprint density at radius 3 is 2.30 bits per heavy atom. The van der Waals surface area contributed by atoms with E-state index in [1.54, 1.807) is 37.6 Å². The van der Waals surface area contributed by atoms with Gasteiger partial charge in [-0.1, -0.05) is 17.7 Å². The largest absolute Gasteiger partial charge is 0.497 e. The zero-order valence-corrected chi connectivity index (χ0v) is 15.4. The molecule has 138 valence electrons. The minimum atomic E-state index is -0.319. The lowest BCUT2D eigenvalue weighted by Gasteiger charge is -2.12. The number of carbonyl (C=O) groups excluding carboxylic acids is 1. The van der Waals surface area contributed by atoms with Gasteiger partial charge in [0.05, 0.1) is 31.8 Å². The summed E-state index contributed by atoms with van der Waals surface area (Å²) in [5, 5.41) is 6.05. The van der Waals surface area contributed by atoms with Crippen LogP contribution in [0, 0.1) is 6.92 Å². The van der Waals surface area contributed by atoms with Crippen LogP contribution in [0.2, 0.25) is 0 Å². The fourth-order valence-electron chi connectivity index (χ4n) is 2.49. The number of aryl methyl sites for hydroxylation is 1. The molecule has 0 bridgehead atoms. The number of nitrogens with one attached hydrogen (secondary N) is 2. The lowest BCUT2D eigenvalue weighted by Crippen LogP contribution is -2.14. The first-order chi connectivity index (χ1) is 13.1. The highest BCUT2D eigenvalue weighted by atomic mass is 16.5. The second-order valence-corrected chi connectivity index (χ2v) is 5.94. The van der Waals surface area contributed by atoms with Gasteiger partial charge in [0.25, 0.3) is 5.91 Å². The number of ether oxygens (including phenoxy) is 2. The van der Waals surface area contributed by atoms with E-state index in [9.17, 15) is 4.79 Å². The fraction of sp³-hybridized carbons (Fsp3) is 0.143. The van der Waals surface area contributed by atoms with Crippen LogP contribution in [0.3, 0.4) is 0 Å². The molecular formula is C21H21N3O3. The second kappa shape index (κ2) is 8.23. The van der Waals surface area contributed by atoms with Crippen LogP contribution in [0.1, 0.15) is 16.1 Å². The Balaban J connectivity index is 1.69. The molecule has 0 aliphatic rings. The molecule has 0 spiro atoms. The molecule has 27 heavy (non-hydrogen) atoms. The second-order valence-electron chi connectivity index (χ2n) is 5.94. The number of nitrogens with zero attached hydrogens (tertiary/aromatic N) is 1. The van der Waals surface area contributed by atoms with Crippen LogP contribution in [0.5, 0.6) is 11.5 Å². The maximum absolute atomic E-state index is 12.5. The van der Waals surface area contributed by atoms with Gasteiger partial charge in [-0.25, -0.2) is 4.98 Å². The summed E-state index contributed by atoms with van der Waals surface area (Å²) in [5.41, 5.74) is 3.81. The molecule has 2 aromatic carbocycles. The average molecular weight is 363 g/mol. The van der Waals surface area contributed by atoms with Gasteiger partial charge in [0.15, 0.2) is 0 Å². The zero-order valence-electron chi connectivity index (χ0n) is 15.4. The lowest BCUT2D eigenvalue weighted by atomic mass is 10.2. The van der Waals surface area contributed by atoms with Crippen molar-refractivity contribution in [2.45, 2.75) is 6.92 Å². The van der Waals surface area contributed by atoms with Crippen molar-refractivity contribution in [1.29, 1.82) is 0 Å². The predicted molar refractivity (Wildman–Crippen MR) is 106 cm³/mol. The van der Waals surface area contributed by atoms with Crippen molar-refractivity contribution in [3.8, 4) is 11.5 Å². The monoisotopic (exact) mass is 363 g/mol. The lowest BCUT2D eigenvalue weighted by molar-refractivity contribution is 0.102. The molecule has 0 unspecified atom stereocenters. The van der Waals surface area contributed by atoms with Crippen molar-refractivity contribution in [2.75, 3.05) is 24.9 Å². The minimum Gasteiger partial charge on any atom is -0.497 e. The number of anilines is 3. The number of amides is 1. The van der Waals surface area contributed by atoms with E-state index in [4.69, 9.17) is 9.47 Å². The highest BCUT2D eigenvalue weighted by Gasteiger charge is 2.12. The maximum atomic E-state index is 12.5. The third-order valence-electron chi connectivity index (χ3n) is 3.99. The Kier molecular flexibility index (Phi) is 5.56. The number of rotatable bonds is 6. The van der Waals surface area contributed by atoms with E-state index in [0.29, 0.717) is 22.9 Å². The number of hydrogen-bond donors (Lipinski definition) is 2. The Labute approximate surface area is 158 Å². The zero-order chi connectivity index (χ0) is 19.2. The molecule has 0 saturated carbocycles. The van der Waals surface area contributed by atoms with Gasteiger partial charge in [0.2, 0.25) is 0 Å². The molecule has 6 heteroatoms. The highest BCUT2D eigenvalue weighted by molar-refractivity contribution is 6.03. The summed E-state index contributed by atoms with van der Waals surface area (Å²) in [6, 6.07) is 16.7. The first-order valence-electron chi connectivity index (χ1n) is 8.42. The Bertz CT molecular complexity index is 922. The van der Waals surface area contributed by atoms with Gasteiger partial charge >= 0.3 is 0 Å². The van der Waals surface area contributed by atoms with Crippen LogP contribution in [-0.2, 0) is 0 Å². The first-order valence-corrected chi connectivity index (χ1v) is 8.42. The molecule has 0 fully saturated rings. The van der Waals surface area contributed by atoms with E-state index in [2.05, 4.69) is 15.6 Å². The van der Waals surface area contributed by atoms with E-state index in [1.807, 2.05) is 37.3 Å². The van der Waals surface area contributed by atoms with E-state index >= 15 is 0 Å². The molecule has 3 aromatic rings. The van der Waals surface area contributed by atoms with Crippen molar-refractivity contribution in [3.05, 3.63) is 72.1 Å². The van der Waals surface area contributed by atoms with Crippen LogP contribution in [-0.4, -0.2) is 25.1 Å². The van der Waals surface area contributed by atoms with E-state index < -0.39 is 0 Å². The minimum absolute atomic E-state index is 0.308. The average Bonchev–Trinajstić information content (AvgIpc) is 2.70. The summed E-state index contributed by atoms with van der Waals surface area (Å²) in [6.07, 6.45) is 1.63. The van der Waals surface area contributed by atoms with E-state index in [0.717, 1.165) is 11.4 Å². The molecule has 0 saturated heterocycles. The molecule has 0 aliphatic carbocycles.